The van der Waals surface area contributed by atoms with Gasteiger partial charge in [-0.3, -0.25) is 0 Å². The second-order valence-electron chi connectivity index (χ2n) is 5.63. The minimum absolute atomic E-state index is 0.154. The van der Waals surface area contributed by atoms with Crippen LogP contribution in [0.4, 0.5) is 9.18 Å². The summed E-state index contributed by atoms with van der Waals surface area (Å²) in [6.07, 6.45) is -0.474. The first-order chi connectivity index (χ1) is 9.73. The first-order valence-corrected chi connectivity index (χ1v) is 7.71. The summed E-state index contributed by atoms with van der Waals surface area (Å²) in [7, 11) is 1.55. The Morgan fingerprint density at radius 3 is 2.62 bits per heavy atom. The van der Waals surface area contributed by atoms with Gasteiger partial charge in [0, 0.05) is 22.8 Å². The average molecular weight is 409 g/mol. The van der Waals surface area contributed by atoms with Crippen molar-refractivity contribution >= 4 is 28.7 Å². The van der Waals surface area contributed by atoms with Crippen molar-refractivity contribution in [2.45, 2.75) is 32.9 Å². The lowest BCUT2D eigenvalue weighted by atomic mass is 10.2. The van der Waals surface area contributed by atoms with E-state index >= 15 is 0 Å². The largest absolute Gasteiger partial charge is 0.444 e. The van der Waals surface area contributed by atoms with Gasteiger partial charge in [0.1, 0.15) is 11.4 Å². The molecule has 118 valence electrons. The molecule has 0 unspecified atom stereocenters. The summed E-state index contributed by atoms with van der Waals surface area (Å²) in [5, 5.41) is 0. The van der Waals surface area contributed by atoms with Gasteiger partial charge in [0.15, 0.2) is 0 Å². The highest BCUT2D eigenvalue weighted by Crippen LogP contribution is 2.17. The maximum absolute atomic E-state index is 13.8. The molecule has 0 aliphatic rings. The van der Waals surface area contributed by atoms with Gasteiger partial charge in [-0.2, -0.15) is 0 Å². The van der Waals surface area contributed by atoms with E-state index < -0.39 is 11.7 Å². The summed E-state index contributed by atoms with van der Waals surface area (Å²) in [6, 6.07) is 4.81. The molecule has 1 amide bonds. The molecule has 0 aliphatic carbocycles. The number of benzene rings is 1. The SMILES string of the molecule is COCCN(Cc1cc(I)ccc1F)C(=O)OC(C)(C)C. The van der Waals surface area contributed by atoms with E-state index in [0.29, 0.717) is 18.7 Å². The zero-order valence-electron chi connectivity index (χ0n) is 12.8. The zero-order chi connectivity index (χ0) is 16.0. The molecule has 6 heteroatoms. The second-order valence-corrected chi connectivity index (χ2v) is 6.88. The zero-order valence-corrected chi connectivity index (χ0v) is 14.9. The normalized spacial score (nSPS) is 11.3. The van der Waals surface area contributed by atoms with Gasteiger partial charge in [-0.15, -0.1) is 0 Å². The molecule has 21 heavy (non-hydrogen) atoms. The number of methoxy groups -OCH3 is 1. The maximum atomic E-state index is 13.8. The fourth-order valence-electron chi connectivity index (χ4n) is 1.63. The van der Waals surface area contributed by atoms with Crippen LogP contribution in [0.15, 0.2) is 18.2 Å². The molecule has 0 N–H and O–H groups in total. The lowest BCUT2D eigenvalue weighted by molar-refractivity contribution is 0.0182. The molecule has 0 saturated carbocycles. The van der Waals surface area contributed by atoms with Gasteiger partial charge in [-0.1, -0.05) is 0 Å². The van der Waals surface area contributed by atoms with Crippen LogP contribution in [-0.4, -0.2) is 36.9 Å². The Bertz CT molecular complexity index is 488. The van der Waals surface area contributed by atoms with Gasteiger partial charge >= 0.3 is 6.09 Å². The maximum Gasteiger partial charge on any atom is 0.410 e. The van der Waals surface area contributed by atoms with Crippen molar-refractivity contribution < 1.29 is 18.7 Å². The number of amides is 1. The first kappa shape index (κ1) is 18.2. The highest BCUT2D eigenvalue weighted by Gasteiger charge is 2.23. The van der Waals surface area contributed by atoms with Crippen molar-refractivity contribution in [1.29, 1.82) is 0 Å². The van der Waals surface area contributed by atoms with Gasteiger partial charge in [0.05, 0.1) is 13.2 Å². The fraction of sp³-hybridized carbons (Fsp3) is 0.533. The van der Waals surface area contributed by atoms with Crippen LogP contribution in [0.25, 0.3) is 0 Å². The molecule has 1 aromatic rings. The summed E-state index contributed by atoms with van der Waals surface area (Å²) in [4.78, 5) is 13.6. The highest BCUT2D eigenvalue weighted by molar-refractivity contribution is 14.1. The van der Waals surface area contributed by atoms with Crippen LogP contribution < -0.4 is 0 Å². The van der Waals surface area contributed by atoms with Crippen molar-refractivity contribution in [3.8, 4) is 0 Å². The molecule has 0 spiro atoms. The minimum atomic E-state index is -0.591. The standard InChI is InChI=1S/C15H21FINO3/c1-15(2,3)21-14(19)18(7-8-20-4)10-11-9-12(17)5-6-13(11)16/h5-6,9H,7-8,10H2,1-4H3. The van der Waals surface area contributed by atoms with Gasteiger partial charge < -0.3 is 14.4 Å². The fourth-order valence-corrected chi connectivity index (χ4v) is 2.19. The van der Waals surface area contributed by atoms with Crippen LogP contribution in [-0.2, 0) is 16.0 Å². The quantitative estimate of drug-likeness (QED) is 0.695. The van der Waals surface area contributed by atoms with Crippen LogP contribution in [0.3, 0.4) is 0 Å². The number of hydrogen-bond donors (Lipinski definition) is 0. The summed E-state index contributed by atoms with van der Waals surface area (Å²) in [6.45, 7) is 6.25. The Morgan fingerprint density at radius 2 is 2.05 bits per heavy atom. The Kier molecular flexibility index (Phi) is 6.86. The van der Waals surface area contributed by atoms with Crippen LogP contribution in [0, 0.1) is 9.39 Å². The Balaban J connectivity index is 2.87. The topological polar surface area (TPSA) is 38.8 Å². The number of carbonyl (C=O) groups is 1. The molecule has 4 nitrogen and oxygen atoms in total. The molecule has 0 atom stereocenters. The molecule has 0 saturated heterocycles. The third kappa shape index (κ3) is 6.60. The molecule has 0 heterocycles. The lowest BCUT2D eigenvalue weighted by Crippen LogP contribution is -2.38. The smallest absolute Gasteiger partial charge is 0.410 e. The average Bonchev–Trinajstić information content (AvgIpc) is 2.36. The van der Waals surface area contributed by atoms with Crippen molar-refractivity contribution in [3.63, 3.8) is 0 Å². The Labute approximate surface area is 138 Å². The molecule has 0 bridgehead atoms. The summed E-state index contributed by atoms with van der Waals surface area (Å²) in [5.74, 6) is -0.332. The monoisotopic (exact) mass is 409 g/mol. The number of ether oxygens (including phenoxy) is 2. The van der Waals surface area contributed by atoms with E-state index in [1.807, 2.05) is 0 Å². The number of rotatable bonds is 5. The van der Waals surface area contributed by atoms with E-state index in [-0.39, 0.29) is 12.4 Å². The van der Waals surface area contributed by atoms with Crippen molar-refractivity contribution in [2.24, 2.45) is 0 Å². The Hall–Kier alpha value is -0.890. The number of halogens is 2. The molecule has 0 aliphatic heterocycles. The number of carbonyl (C=O) groups excluding carboxylic acids is 1. The van der Waals surface area contributed by atoms with E-state index in [9.17, 15) is 9.18 Å². The summed E-state index contributed by atoms with van der Waals surface area (Å²) in [5.41, 5.74) is -0.129. The molecule has 0 radical (unpaired) electrons. The van der Waals surface area contributed by atoms with Crippen molar-refractivity contribution in [1.82, 2.24) is 4.90 Å². The minimum Gasteiger partial charge on any atom is -0.444 e. The second kappa shape index (κ2) is 7.93. The number of nitrogens with zero attached hydrogens (tertiary/aromatic N) is 1. The molecular weight excluding hydrogens is 388 g/mol. The highest BCUT2D eigenvalue weighted by atomic mass is 127. The number of hydrogen-bond acceptors (Lipinski definition) is 3. The van der Waals surface area contributed by atoms with Crippen LogP contribution in [0.1, 0.15) is 26.3 Å². The Morgan fingerprint density at radius 1 is 1.38 bits per heavy atom. The predicted octanol–water partition coefficient (Wildman–Crippen LogP) is 3.81. The lowest BCUT2D eigenvalue weighted by Gasteiger charge is -2.27. The third-order valence-electron chi connectivity index (χ3n) is 2.59. The van der Waals surface area contributed by atoms with Crippen LogP contribution in [0.5, 0.6) is 0 Å². The van der Waals surface area contributed by atoms with Crippen molar-refractivity contribution in [2.75, 3.05) is 20.3 Å². The molecule has 0 fully saturated rings. The summed E-state index contributed by atoms with van der Waals surface area (Å²) < 4.78 is 25.1. The van der Waals surface area contributed by atoms with Crippen LogP contribution >= 0.6 is 22.6 Å². The molecule has 1 rings (SSSR count). The van der Waals surface area contributed by atoms with Crippen LogP contribution in [0.2, 0.25) is 0 Å². The van der Waals surface area contributed by atoms with Gasteiger partial charge in [-0.05, 0) is 61.6 Å². The molecular formula is C15H21FINO3. The van der Waals surface area contributed by atoms with E-state index in [1.165, 1.54) is 11.0 Å². The molecule has 0 aromatic heterocycles. The van der Waals surface area contributed by atoms with Gasteiger partial charge in [0.2, 0.25) is 0 Å². The van der Waals surface area contributed by atoms with Gasteiger partial charge in [-0.25, -0.2) is 9.18 Å². The van der Waals surface area contributed by atoms with E-state index in [2.05, 4.69) is 22.6 Å². The van der Waals surface area contributed by atoms with E-state index in [1.54, 1.807) is 40.0 Å². The van der Waals surface area contributed by atoms with Gasteiger partial charge in [0.25, 0.3) is 0 Å². The predicted molar refractivity (Wildman–Crippen MR) is 87.6 cm³/mol. The third-order valence-corrected chi connectivity index (χ3v) is 3.26. The van der Waals surface area contributed by atoms with Crippen molar-refractivity contribution in [3.05, 3.63) is 33.1 Å². The van der Waals surface area contributed by atoms with E-state index in [0.717, 1.165) is 3.57 Å². The first-order valence-electron chi connectivity index (χ1n) is 6.63. The summed E-state index contributed by atoms with van der Waals surface area (Å²) >= 11 is 2.11. The van der Waals surface area contributed by atoms with E-state index in [4.69, 9.17) is 9.47 Å². The molecule has 1 aromatic carbocycles.